The smallest absolute Gasteiger partial charge is 0.315 e. The van der Waals surface area contributed by atoms with Crippen molar-refractivity contribution < 1.29 is 14.3 Å². The second-order valence-corrected chi connectivity index (χ2v) is 6.48. The standard InChI is InChI=1S/C15H17N3O3S2/c1-21-14(19)9-22-7-10-3-2-4-11(5-10)17-15(20)12-8-23-13(6-16)18-12/h2-5,8H,6-7,9,16H2,1H3,(H,17,20). The van der Waals surface area contributed by atoms with Gasteiger partial charge in [-0.05, 0) is 17.7 Å². The summed E-state index contributed by atoms with van der Waals surface area (Å²) in [6.07, 6.45) is 0. The minimum atomic E-state index is -0.264. The first-order valence-corrected chi connectivity index (χ1v) is 8.85. The number of aromatic nitrogens is 1. The highest BCUT2D eigenvalue weighted by molar-refractivity contribution is 7.99. The lowest BCUT2D eigenvalue weighted by atomic mass is 10.2. The minimum absolute atomic E-state index is 0.251. The molecular weight excluding hydrogens is 334 g/mol. The number of nitrogens with two attached hydrogens (primary N) is 1. The van der Waals surface area contributed by atoms with Gasteiger partial charge in [0.1, 0.15) is 10.7 Å². The van der Waals surface area contributed by atoms with E-state index in [-0.39, 0.29) is 11.9 Å². The molecule has 0 bridgehead atoms. The molecule has 1 heterocycles. The van der Waals surface area contributed by atoms with E-state index in [1.807, 2.05) is 24.3 Å². The quantitative estimate of drug-likeness (QED) is 0.743. The number of rotatable bonds is 7. The first-order chi connectivity index (χ1) is 11.1. The van der Waals surface area contributed by atoms with Crippen LogP contribution in [0.1, 0.15) is 21.1 Å². The molecule has 0 aliphatic rings. The molecule has 0 atom stereocenters. The van der Waals surface area contributed by atoms with E-state index in [0.29, 0.717) is 29.4 Å². The van der Waals surface area contributed by atoms with Crippen molar-refractivity contribution in [2.75, 3.05) is 18.2 Å². The lowest BCUT2D eigenvalue weighted by molar-refractivity contribution is -0.137. The number of amides is 1. The lowest BCUT2D eigenvalue weighted by Gasteiger charge is -2.06. The van der Waals surface area contributed by atoms with Crippen molar-refractivity contribution in [3.8, 4) is 0 Å². The Morgan fingerprint density at radius 2 is 2.26 bits per heavy atom. The highest BCUT2D eigenvalue weighted by atomic mass is 32.2. The van der Waals surface area contributed by atoms with Gasteiger partial charge in [0, 0.05) is 23.4 Å². The number of methoxy groups -OCH3 is 1. The van der Waals surface area contributed by atoms with Crippen molar-refractivity contribution in [2.24, 2.45) is 5.73 Å². The number of carbonyl (C=O) groups is 2. The fraction of sp³-hybridized carbons (Fsp3) is 0.267. The van der Waals surface area contributed by atoms with Gasteiger partial charge in [-0.1, -0.05) is 12.1 Å². The minimum Gasteiger partial charge on any atom is -0.468 e. The molecule has 0 saturated carbocycles. The molecule has 0 saturated heterocycles. The van der Waals surface area contributed by atoms with Gasteiger partial charge < -0.3 is 15.8 Å². The van der Waals surface area contributed by atoms with Crippen LogP contribution in [0.4, 0.5) is 5.69 Å². The molecule has 1 amide bonds. The van der Waals surface area contributed by atoms with Crippen LogP contribution in [0.25, 0.3) is 0 Å². The summed E-state index contributed by atoms with van der Waals surface area (Å²) < 4.78 is 4.59. The van der Waals surface area contributed by atoms with Crippen LogP contribution >= 0.6 is 23.1 Å². The van der Waals surface area contributed by atoms with E-state index in [0.717, 1.165) is 10.6 Å². The molecule has 1 aromatic carbocycles. The van der Waals surface area contributed by atoms with E-state index in [1.54, 1.807) is 5.38 Å². The zero-order valence-electron chi connectivity index (χ0n) is 12.6. The Kier molecular flexibility index (Phi) is 6.57. The third kappa shape index (κ3) is 5.34. The van der Waals surface area contributed by atoms with Crippen LogP contribution in [0.15, 0.2) is 29.6 Å². The number of hydrogen-bond acceptors (Lipinski definition) is 7. The van der Waals surface area contributed by atoms with Crippen LogP contribution in [0.2, 0.25) is 0 Å². The molecule has 0 radical (unpaired) electrons. The second-order valence-electron chi connectivity index (χ2n) is 4.55. The van der Waals surface area contributed by atoms with Crippen LogP contribution in [-0.4, -0.2) is 29.7 Å². The van der Waals surface area contributed by atoms with Crippen molar-refractivity contribution >= 4 is 40.7 Å². The Bertz CT molecular complexity index is 688. The number of benzene rings is 1. The van der Waals surface area contributed by atoms with Gasteiger partial charge in [-0.2, -0.15) is 0 Å². The number of thiazole rings is 1. The van der Waals surface area contributed by atoms with Crippen molar-refractivity contribution in [2.45, 2.75) is 12.3 Å². The van der Waals surface area contributed by atoms with Gasteiger partial charge in [-0.15, -0.1) is 23.1 Å². The van der Waals surface area contributed by atoms with E-state index in [2.05, 4.69) is 15.0 Å². The van der Waals surface area contributed by atoms with Crippen LogP contribution < -0.4 is 11.1 Å². The Morgan fingerprint density at radius 1 is 1.43 bits per heavy atom. The molecular formula is C15H17N3O3S2. The van der Waals surface area contributed by atoms with Crippen LogP contribution in [0.5, 0.6) is 0 Å². The Balaban J connectivity index is 1.93. The summed E-state index contributed by atoms with van der Waals surface area (Å²) in [5.74, 6) is 0.444. The Hall–Kier alpha value is -1.90. The number of esters is 1. The van der Waals surface area contributed by atoms with Gasteiger partial charge >= 0.3 is 5.97 Å². The first kappa shape index (κ1) is 17.5. The van der Waals surface area contributed by atoms with Gasteiger partial charge in [0.15, 0.2) is 0 Å². The molecule has 2 rings (SSSR count). The highest BCUT2D eigenvalue weighted by Gasteiger charge is 2.10. The average molecular weight is 351 g/mol. The fourth-order valence-electron chi connectivity index (χ4n) is 1.75. The Labute approximate surface area is 142 Å². The molecule has 0 spiro atoms. The van der Waals surface area contributed by atoms with Gasteiger partial charge in [0.2, 0.25) is 0 Å². The van der Waals surface area contributed by atoms with Crippen molar-refractivity contribution in [1.29, 1.82) is 0 Å². The second kappa shape index (κ2) is 8.66. The average Bonchev–Trinajstić information content (AvgIpc) is 3.04. The predicted molar refractivity (Wildman–Crippen MR) is 92.6 cm³/mol. The van der Waals surface area contributed by atoms with E-state index in [9.17, 15) is 9.59 Å². The third-order valence-electron chi connectivity index (χ3n) is 2.86. The number of thioether (sulfide) groups is 1. The summed E-state index contributed by atoms with van der Waals surface area (Å²) in [5.41, 5.74) is 7.56. The molecule has 0 aliphatic heterocycles. The van der Waals surface area contributed by atoms with Gasteiger partial charge in [0.25, 0.3) is 5.91 Å². The molecule has 0 fully saturated rings. The summed E-state index contributed by atoms with van der Waals surface area (Å²) in [7, 11) is 1.37. The largest absolute Gasteiger partial charge is 0.468 e. The van der Waals surface area contributed by atoms with Crippen LogP contribution in [0, 0.1) is 0 Å². The van der Waals surface area contributed by atoms with Crippen molar-refractivity contribution in [3.05, 3.63) is 45.9 Å². The molecule has 1 aromatic heterocycles. The molecule has 3 N–H and O–H groups in total. The third-order valence-corrected chi connectivity index (χ3v) is 4.71. The zero-order valence-corrected chi connectivity index (χ0v) is 14.2. The summed E-state index contributed by atoms with van der Waals surface area (Å²) in [5, 5.41) is 5.22. The number of hydrogen-bond donors (Lipinski definition) is 2. The molecule has 2 aromatic rings. The Morgan fingerprint density at radius 3 is 2.96 bits per heavy atom. The number of anilines is 1. The summed E-state index contributed by atoms with van der Waals surface area (Å²) in [6.45, 7) is 0.324. The maximum absolute atomic E-state index is 12.1. The van der Waals surface area contributed by atoms with E-state index in [1.165, 1.54) is 30.2 Å². The van der Waals surface area contributed by atoms with Crippen LogP contribution in [0.3, 0.4) is 0 Å². The molecule has 122 valence electrons. The number of nitrogens with one attached hydrogen (secondary N) is 1. The monoisotopic (exact) mass is 351 g/mol. The van der Waals surface area contributed by atoms with Gasteiger partial charge in [0.05, 0.1) is 12.9 Å². The highest BCUT2D eigenvalue weighted by Crippen LogP contribution is 2.18. The normalized spacial score (nSPS) is 10.3. The molecule has 8 heteroatoms. The molecule has 0 aliphatic carbocycles. The van der Waals surface area contributed by atoms with Gasteiger partial charge in [-0.3, -0.25) is 9.59 Å². The predicted octanol–water partition coefficient (Wildman–Crippen LogP) is 2.26. The number of carbonyl (C=O) groups excluding carboxylic acids is 2. The van der Waals surface area contributed by atoms with Crippen molar-refractivity contribution in [1.82, 2.24) is 4.98 Å². The lowest BCUT2D eigenvalue weighted by Crippen LogP contribution is -2.12. The van der Waals surface area contributed by atoms with E-state index < -0.39 is 0 Å². The summed E-state index contributed by atoms with van der Waals surface area (Å²) >= 11 is 2.82. The van der Waals surface area contributed by atoms with Crippen molar-refractivity contribution in [3.63, 3.8) is 0 Å². The maximum Gasteiger partial charge on any atom is 0.315 e. The van der Waals surface area contributed by atoms with Crippen LogP contribution in [-0.2, 0) is 21.8 Å². The SMILES string of the molecule is COC(=O)CSCc1cccc(NC(=O)c2csc(CN)n2)c1. The fourth-order valence-corrected chi connectivity index (χ4v) is 3.21. The number of nitrogens with zero attached hydrogens (tertiary/aromatic N) is 1. The molecule has 6 nitrogen and oxygen atoms in total. The summed E-state index contributed by atoms with van der Waals surface area (Å²) in [6, 6.07) is 7.48. The molecule has 23 heavy (non-hydrogen) atoms. The maximum atomic E-state index is 12.1. The number of ether oxygens (including phenoxy) is 1. The molecule has 0 unspecified atom stereocenters. The summed E-state index contributed by atoms with van der Waals surface area (Å²) in [4.78, 5) is 27.4. The van der Waals surface area contributed by atoms with Gasteiger partial charge in [-0.25, -0.2) is 4.98 Å². The first-order valence-electron chi connectivity index (χ1n) is 6.81. The zero-order chi connectivity index (χ0) is 16.7. The topological polar surface area (TPSA) is 94.3 Å². The van der Waals surface area contributed by atoms with E-state index in [4.69, 9.17) is 5.73 Å². The van der Waals surface area contributed by atoms with E-state index >= 15 is 0 Å².